The van der Waals surface area contributed by atoms with Crippen LogP contribution in [0.25, 0.3) is 0 Å². The van der Waals surface area contributed by atoms with E-state index in [0.717, 1.165) is 17.0 Å². The number of nitrogens with two attached hydrogens (primary N) is 1. The quantitative estimate of drug-likeness (QED) is 0.755. The highest BCUT2D eigenvalue weighted by molar-refractivity contribution is 5.42. The molecule has 0 fully saturated rings. The molecule has 16 heavy (non-hydrogen) atoms. The lowest BCUT2D eigenvalue weighted by atomic mass is 9.86. The standard InChI is InChI=1S/C13H17N3/c1-8-9(2)16-10(3)13(14)12(8)11-5-4-6-15-7-11/h4-7,12,16H,14H2,1-3H3. The summed E-state index contributed by atoms with van der Waals surface area (Å²) in [5.74, 6) is 0.162. The lowest BCUT2D eigenvalue weighted by molar-refractivity contribution is 0.760. The van der Waals surface area contributed by atoms with Crippen LogP contribution in [-0.2, 0) is 0 Å². The molecule has 1 aliphatic heterocycles. The summed E-state index contributed by atoms with van der Waals surface area (Å²) in [6.07, 6.45) is 3.66. The van der Waals surface area contributed by atoms with Crippen molar-refractivity contribution in [3.05, 3.63) is 52.8 Å². The maximum absolute atomic E-state index is 6.16. The number of pyridine rings is 1. The molecule has 0 bridgehead atoms. The molecule has 1 atom stereocenters. The molecular weight excluding hydrogens is 198 g/mol. The zero-order valence-electron chi connectivity index (χ0n) is 9.91. The van der Waals surface area contributed by atoms with E-state index >= 15 is 0 Å². The maximum atomic E-state index is 6.16. The SMILES string of the molecule is CC1=C(C)C(c2cccnc2)C(N)=C(C)N1. The normalized spacial score (nSPS) is 21.1. The number of allylic oxidation sites excluding steroid dienone is 3. The summed E-state index contributed by atoms with van der Waals surface area (Å²) < 4.78 is 0. The summed E-state index contributed by atoms with van der Waals surface area (Å²) in [5.41, 5.74) is 11.7. The molecule has 1 aromatic rings. The van der Waals surface area contributed by atoms with Gasteiger partial charge in [0.05, 0.1) is 0 Å². The van der Waals surface area contributed by atoms with Crippen molar-refractivity contribution < 1.29 is 0 Å². The molecule has 0 spiro atoms. The van der Waals surface area contributed by atoms with Gasteiger partial charge < -0.3 is 11.1 Å². The zero-order valence-corrected chi connectivity index (χ0v) is 9.91. The highest BCUT2D eigenvalue weighted by Crippen LogP contribution is 2.34. The Bertz CT molecular complexity index is 433. The van der Waals surface area contributed by atoms with E-state index in [0.29, 0.717) is 0 Å². The molecule has 3 heteroatoms. The van der Waals surface area contributed by atoms with Gasteiger partial charge in [-0.05, 0) is 38.0 Å². The summed E-state index contributed by atoms with van der Waals surface area (Å²) in [4.78, 5) is 4.16. The van der Waals surface area contributed by atoms with E-state index < -0.39 is 0 Å². The van der Waals surface area contributed by atoms with E-state index in [4.69, 9.17) is 5.73 Å². The van der Waals surface area contributed by atoms with Crippen molar-refractivity contribution in [2.24, 2.45) is 5.73 Å². The maximum Gasteiger partial charge on any atom is 0.0494 e. The van der Waals surface area contributed by atoms with Crippen molar-refractivity contribution in [2.75, 3.05) is 0 Å². The predicted octanol–water partition coefficient (Wildman–Crippen LogP) is 2.25. The summed E-state index contributed by atoms with van der Waals surface area (Å²) >= 11 is 0. The van der Waals surface area contributed by atoms with Crippen LogP contribution in [0.5, 0.6) is 0 Å². The predicted molar refractivity (Wildman–Crippen MR) is 65.4 cm³/mol. The number of nitrogens with one attached hydrogen (secondary N) is 1. The Balaban J connectivity index is 2.49. The molecule has 0 amide bonds. The first-order valence-corrected chi connectivity index (χ1v) is 5.42. The second kappa shape index (κ2) is 4.00. The molecule has 3 N–H and O–H groups in total. The van der Waals surface area contributed by atoms with Gasteiger partial charge in [0, 0.05) is 35.4 Å². The lowest BCUT2D eigenvalue weighted by Gasteiger charge is -2.28. The van der Waals surface area contributed by atoms with Gasteiger partial charge in [-0.2, -0.15) is 0 Å². The van der Waals surface area contributed by atoms with Gasteiger partial charge in [0.25, 0.3) is 0 Å². The van der Waals surface area contributed by atoms with Crippen LogP contribution in [0.2, 0.25) is 0 Å². The minimum atomic E-state index is 0.162. The number of rotatable bonds is 1. The third-order valence-electron chi connectivity index (χ3n) is 3.16. The lowest BCUT2D eigenvalue weighted by Crippen LogP contribution is -2.27. The second-order valence-corrected chi connectivity index (χ2v) is 4.23. The Hall–Kier alpha value is -1.77. The molecule has 0 saturated carbocycles. The van der Waals surface area contributed by atoms with Crippen LogP contribution in [0.1, 0.15) is 32.3 Å². The number of aromatic nitrogens is 1. The number of hydrogen-bond acceptors (Lipinski definition) is 3. The third-order valence-corrected chi connectivity index (χ3v) is 3.16. The summed E-state index contributed by atoms with van der Waals surface area (Å²) in [6.45, 7) is 6.20. The average Bonchev–Trinajstić information content (AvgIpc) is 2.28. The van der Waals surface area contributed by atoms with E-state index in [1.807, 2.05) is 19.2 Å². The molecule has 1 aromatic heterocycles. The molecule has 84 valence electrons. The van der Waals surface area contributed by atoms with Crippen LogP contribution in [0.4, 0.5) is 0 Å². The topological polar surface area (TPSA) is 50.9 Å². The van der Waals surface area contributed by atoms with E-state index in [1.54, 1.807) is 6.20 Å². The fraction of sp³-hybridized carbons (Fsp3) is 0.308. The van der Waals surface area contributed by atoms with E-state index in [-0.39, 0.29) is 5.92 Å². The van der Waals surface area contributed by atoms with Crippen molar-refractivity contribution in [3.8, 4) is 0 Å². The molecule has 0 saturated heterocycles. The first kappa shape index (κ1) is 10.7. The first-order chi connectivity index (χ1) is 7.61. The van der Waals surface area contributed by atoms with Gasteiger partial charge in [-0.15, -0.1) is 0 Å². The molecule has 3 nitrogen and oxygen atoms in total. The van der Waals surface area contributed by atoms with Gasteiger partial charge in [-0.1, -0.05) is 6.07 Å². The molecule has 1 aliphatic rings. The fourth-order valence-electron chi connectivity index (χ4n) is 2.09. The number of hydrogen-bond donors (Lipinski definition) is 2. The smallest absolute Gasteiger partial charge is 0.0494 e. The van der Waals surface area contributed by atoms with E-state index in [2.05, 4.69) is 30.2 Å². The molecule has 2 rings (SSSR count). The van der Waals surface area contributed by atoms with Crippen molar-refractivity contribution in [1.29, 1.82) is 0 Å². The molecule has 0 aromatic carbocycles. The minimum Gasteiger partial charge on any atom is -0.400 e. The Kier molecular flexibility index (Phi) is 2.69. The average molecular weight is 215 g/mol. The Morgan fingerprint density at radius 2 is 2.00 bits per heavy atom. The van der Waals surface area contributed by atoms with Crippen LogP contribution in [-0.4, -0.2) is 4.98 Å². The van der Waals surface area contributed by atoms with Gasteiger partial charge >= 0.3 is 0 Å². The summed E-state index contributed by atoms with van der Waals surface area (Å²) in [5, 5.41) is 3.29. The van der Waals surface area contributed by atoms with Crippen LogP contribution in [0.15, 0.2) is 47.2 Å². The van der Waals surface area contributed by atoms with Crippen molar-refractivity contribution in [1.82, 2.24) is 10.3 Å². The summed E-state index contributed by atoms with van der Waals surface area (Å²) in [7, 11) is 0. The van der Waals surface area contributed by atoms with Gasteiger partial charge in [0.2, 0.25) is 0 Å². The first-order valence-electron chi connectivity index (χ1n) is 5.42. The highest BCUT2D eigenvalue weighted by Gasteiger charge is 2.24. The monoisotopic (exact) mass is 215 g/mol. The second-order valence-electron chi connectivity index (χ2n) is 4.23. The van der Waals surface area contributed by atoms with Gasteiger partial charge in [-0.25, -0.2) is 0 Å². The Morgan fingerprint density at radius 1 is 1.25 bits per heavy atom. The van der Waals surface area contributed by atoms with Gasteiger partial charge in [0.15, 0.2) is 0 Å². The van der Waals surface area contributed by atoms with Crippen LogP contribution >= 0.6 is 0 Å². The van der Waals surface area contributed by atoms with Gasteiger partial charge in [-0.3, -0.25) is 4.98 Å². The Morgan fingerprint density at radius 3 is 2.62 bits per heavy atom. The van der Waals surface area contributed by atoms with Crippen molar-refractivity contribution in [3.63, 3.8) is 0 Å². The number of nitrogens with zero attached hydrogens (tertiary/aromatic N) is 1. The van der Waals surface area contributed by atoms with Crippen LogP contribution in [0, 0.1) is 0 Å². The molecule has 2 heterocycles. The van der Waals surface area contributed by atoms with Gasteiger partial charge in [0.1, 0.15) is 0 Å². The Labute approximate surface area is 96.1 Å². The van der Waals surface area contributed by atoms with Crippen LogP contribution < -0.4 is 11.1 Å². The zero-order chi connectivity index (χ0) is 11.7. The third kappa shape index (κ3) is 1.69. The largest absolute Gasteiger partial charge is 0.400 e. The van der Waals surface area contributed by atoms with Crippen molar-refractivity contribution >= 4 is 0 Å². The minimum absolute atomic E-state index is 0.162. The molecule has 1 unspecified atom stereocenters. The van der Waals surface area contributed by atoms with E-state index in [9.17, 15) is 0 Å². The van der Waals surface area contributed by atoms with Crippen molar-refractivity contribution in [2.45, 2.75) is 26.7 Å². The van der Waals surface area contributed by atoms with E-state index in [1.165, 1.54) is 11.3 Å². The van der Waals surface area contributed by atoms with Crippen LogP contribution in [0.3, 0.4) is 0 Å². The highest BCUT2D eigenvalue weighted by atomic mass is 14.9. The molecule has 0 aliphatic carbocycles. The number of dihydropyridines is 1. The summed E-state index contributed by atoms with van der Waals surface area (Å²) in [6, 6.07) is 4.02. The molecular formula is C13H17N3. The fourth-order valence-corrected chi connectivity index (χ4v) is 2.09. The molecule has 0 radical (unpaired) electrons.